The van der Waals surface area contributed by atoms with Crippen molar-refractivity contribution in [2.75, 3.05) is 0 Å². The SMILES string of the molecule is c1ccc(-c2nnc(Cc3c[nH]c4ccccc34)nc2-c2cccnn2)cc1. The lowest BCUT2D eigenvalue weighted by molar-refractivity contribution is 0.870. The second-order valence-corrected chi connectivity index (χ2v) is 6.44. The van der Waals surface area contributed by atoms with E-state index in [-0.39, 0.29) is 0 Å². The molecule has 0 bridgehead atoms. The molecule has 0 atom stereocenters. The molecule has 0 saturated heterocycles. The van der Waals surface area contributed by atoms with Crippen LogP contribution in [-0.2, 0) is 6.42 Å². The number of benzene rings is 2. The second kappa shape index (κ2) is 7.00. The van der Waals surface area contributed by atoms with Crippen molar-refractivity contribution in [1.82, 2.24) is 30.4 Å². The molecule has 2 aromatic carbocycles. The maximum atomic E-state index is 4.81. The van der Waals surface area contributed by atoms with Gasteiger partial charge in [0.2, 0.25) is 0 Å². The highest BCUT2D eigenvalue weighted by atomic mass is 15.2. The van der Waals surface area contributed by atoms with E-state index in [2.05, 4.69) is 37.5 Å². The topological polar surface area (TPSA) is 80.2 Å². The van der Waals surface area contributed by atoms with Gasteiger partial charge in [0.15, 0.2) is 5.82 Å². The van der Waals surface area contributed by atoms with Gasteiger partial charge in [0.1, 0.15) is 17.1 Å². The van der Waals surface area contributed by atoms with Crippen LogP contribution in [0.15, 0.2) is 79.1 Å². The highest BCUT2D eigenvalue weighted by molar-refractivity contribution is 5.83. The molecule has 0 fully saturated rings. The Hall–Kier alpha value is -3.93. The first-order chi connectivity index (χ1) is 13.9. The molecule has 3 heterocycles. The first-order valence-electron chi connectivity index (χ1n) is 9.00. The summed E-state index contributed by atoms with van der Waals surface area (Å²) in [5.41, 5.74) is 5.24. The fourth-order valence-electron chi connectivity index (χ4n) is 3.28. The van der Waals surface area contributed by atoms with Crippen molar-refractivity contribution in [3.05, 3.63) is 90.5 Å². The van der Waals surface area contributed by atoms with Gasteiger partial charge in [0.05, 0.1) is 0 Å². The number of hydrogen-bond acceptors (Lipinski definition) is 5. The summed E-state index contributed by atoms with van der Waals surface area (Å²) in [4.78, 5) is 8.10. The number of nitrogens with one attached hydrogen (secondary N) is 1. The number of nitrogens with zero attached hydrogens (tertiary/aromatic N) is 5. The van der Waals surface area contributed by atoms with Crippen molar-refractivity contribution in [2.45, 2.75) is 6.42 Å². The molecule has 0 aliphatic carbocycles. The van der Waals surface area contributed by atoms with Gasteiger partial charge < -0.3 is 4.98 Å². The number of para-hydroxylation sites is 1. The van der Waals surface area contributed by atoms with Gasteiger partial charge in [0.25, 0.3) is 0 Å². The van der Waals surface area contributed by atoms with E-state index >= 15 is 0 Å². The zero-order valence-corrected chi connectivity index (χ0v) is 14.9. The second-order valence-electron chi connectivity index (χ2n) is 6.44. The average Bonchev–Trinajstić information content (AvgIpc) is 3.18. The molecule has 6 nitrogen and oxygen atoms in total. The van der Waals surface area contributed by atoms with E-state index in [9.17, 15) is 0 Å². The highest BCUT2D eigenvalue weighted by Gasteiger charge is 2.16. The summed E-state index contributed by atoms with van der Waals surface area (Å²) in [5, 5.41) is 18.3. The summed E-state index contributed by atoms with van der Waals surface area (Å²) in [6, 6.07) is 21.8. The molecule has 0 aliphatic heterocycles. The fourth-order valence-corrected chi connectivity index (χ4v) is 3.28. The minimum absolute atomic E-state index is 0.583. The van der Waals surface area contributed by atoms with E-state index in [0.29, 0.717) is 29.3 Å². The Kier molecular flexibility index (Phi) is 4.06. The van der Waals surface area contributed by atoms with Crippen LogP contribution in [0.1, 0.15) is 11.4 Å². The molecule has 0 unspecified atom stereocenters. The van der Waals surface area contributed by atoms with E-state index in [4.69, 9.17) is 4.98 Å². The number of hydrogen-bond donors (Lipinski definition) is 1. The van der Waals surface area contributed by atoms with Gasteiger partial charge in [-0.2, -0.15) is 5.10 Å². The molecule has 28 heavy (non-hydrogen) atoms. The molecule has 5 aromatic rings. The maximum Gasteiger partial charge on any atom is 0.156 e. The van der Waals surface area contributed by atoms with Crippen LogP contribution in [0, 0.1) is 0 Å². The summed E-state index contributed by atoms with van der Waals surface area (Å²) in [6.07, 6.45) is 4.23. The van der Waals surface area contributed by atoms with Gasteiger partial charge in [0, 0.05) is 35.3 Å². The van der Waals surface area contributed by atoms with Crippen molar-refractivity contribution in [3.63, 3.8) is 0 Å². The molecule has 0 radical (unpaired) electrons. The zero-order chi connectivity index (χ0) is 18.8. The first-order valence-corrected chi connectivity index (χ1v) is 9.00. The largest absolute Gasteiger partial charge is 0.361 e. The molecule has 0 saturated carbocycles. The van der Waals surface area contributed by atoms with Crippen LogP contribution in [0.2, 0.25) is 0 Å². The van der Waals surface area contributed by atoms with Crippen LogP contribution < -0.4 is 0 Å². The van der Waals surface area contributed by atoms with E-state index in [1.54, 1.807) is 6.20 Å². The normalized spacial score (nSPS) is 11.0. The highest BCUT2D eigenvalue weighted by Crippen LogP contribution is 2.27. The van der Waals surface area contributed by atoms with Crippen molar-refractivity contribution < 1.29 is 0 Å². The summed E-state index contributed by atoms with van der Waals surface area (Å²) in [7, 11) is 0. The lowest BCUT2D eigenvalue weighted by Gasteiger charge is -2.08. The number of fused-ring (bicyclic) bond motifs is 1. The molecule has 0 aliphatic rings. The van der Waals surface area contributed by atoms with Crippen LogP contribution in [0.25, 0.3) is 33.5 Å². The van der Waals surface area contributed by atoms with Crippen molar-refractivity contribution in [1.29, 1.82) is 0 Å². The molecule has 6 heteroatoms. The fraction of sp³-hybridized carbons (Fsp3) is 0.0455. The quantitative estimate of drug-likeness (QED) is 0.520. The molecule has 3 aromatic heterocycles. The van der Waals surface area contributed by atoms with E-state index in [1.807, 2.05) is 60.8 Å². The van der Waals surface area contributed by atoms with Crippen LogP contribution >= 0.6 is 0 Å². The van der Waals surface area contributed by atoms with Gasteiger partial charge in [-0.25, -0.2) is 4.98 Å². The predicted molar refractivity (Wildman–Crippen MR) is 107 cm³/mol. The molecular weight excluding hydrogens is 348 g/mol. The number of aromatic amines is 1. The number of H-pyrrole nitrogens is 1. The van der Waals surface area contributed by atoms with Crippen LogP contribution in [0.5, 0.6) is 0 Å². The molecule has 1 N–H and O–H groups in total. The smallest absolute Gasteiger partial charge is 0.156 e. The molecular formula is C22H16N6. The maximum absolute atomic E-state index is 4.81. The molecule has 0 amide bonds. The monoisotopic (exact) mass is 364 g/mol. The predicted octanol–water partition coefficient (Wildman–Crippen LogP) is 4.07. The minimum atomic E-state index is 0.583. The van der Waals surface area contributed by atoms with Crippen molar-refractivity contribution in [3.8, 4) is 22.6 Å². The van der Waals surface area contributed by atoms with Gasteiger partial charge in [-0.05, 0) is 23.8 Å². The third-order valence-electron chi connectivity index (χ3n) is 4.62. The minimum Gasteiger partial charge on any atom is -0.361 e. The Morgan fingerprint density at radius 1 is 0.750 bits per heavy atom. The molecule has 5 rings (SSSR count). The van der Waals surface area contributed by atoms with Gasteiger partial charge >= 0.3 is 0 Å². The summed E-state index contributed by atoms with van der Waals surface area (Å²) in [5.74, 6) is 0.644. The van der Waals surface area contributed by atoms with E-state index < -0.39 is 0 Å². The van der Waals surface area contributed by atoms with Crippen LogP contribution in [-0.4, -0.2) is 30.4 Å². The van der Waals surface area contributed by atoms with Crippen LogP contribution in [0.4, 0.5) is 0 Å². The number of aromatic nitrogens is 6. The Morgan fingerprint density at radius 2 is 1.61 bits per heavy atom. The lowest BCUT2D eigenvalue weighted by atomic mass is 10.1. The zero-order valence-electron chi connectivity index (χ0n) is 14.9. The van der Waals surface area contributed by atoms with Crippen molar-refractivity contribution >= 4 is 10.9 Å². The first kappa shape index (κ1) is 16.3. The molecule has 134 valence electrons. The standard InChI is InChI=1S/C22H16N6/c1-2-7-15(8-3-1)21-22(19-11-6-12-24-26-19)25-20(27-28-21)13-16-14-23-18-10-5-4-9-17(16)18/h1-12,14,23H,13H2. The summed E-state index contributed by atoms with van der Waals surface area (Å²) < 4.78 is 0. The van der Waals surface area contributed by atoms with E-state index in [1.165, 1.54) is 5.39 Å². The van der Waals surface area contributed by atoms with Crippen LogP contribution in [0.3, 0.4) is 0 Å². The Morgan fingerprint density at radius 3 is 2.46 bits per heavy atom. The summed E-state index contributed by atoms with van der Waals surface area (Å²) >= 11 is 0. The van der Waals surface area contributed by atoms with Gasteiger partial charge in [-0.15, -0.1) is 15.3 Å². The number of rotatable bonds is 4. The van der Waals surface area contributed by atoms with Gasteiger partial charge in [-0.1, -0.05) is 48.5 Å². The molecule has 0 spiro atoms. The Balaban J connectivity index is 1.61. The third-order valence-corrected chi connectivity index (χ3v) is 4.62. The lowest BCUT2D eigenvalue weighted by Crippen LogP contribution is -2.04. The third kappa shape index (κ3) is 3.01. The van der Waals surface area contributed by atoms with Crippen molar-refractivity contribution in [2.24, 2.45) is 0 Å². The summed E-state index contributed by atoms with van der Waals surface area (Å²) in [6.45, 7) is 0. The van der Waals surface area contributed by atoms with Gasteiger partial charge in [-0.3, -0.25) is 0 Å². The van der Waals surface area contributed by atoms with E-state index in [0.717, 1.165) is 16.6 Å². The Labute approximate surface area is 161 Å². The Bertz CT molecular complexity index is 1230. The average molecular weight is 364 g/mol.